The normalized spacial score (nSPS) is 16.9. The van der Waals surface area contributed by atoms with E-state index in [1.165, 1.54) is 12.1 Å². The Labute approximate surface area is 163 Å². The van der Waals surface area contributed by atoms with Crippen molar-refractivity contribution in [2.24, 2.45) is 0 Å². The lowest BCUT2D eigenvalue weighted by molar-refractivity contribution is -0.132. The Morgan fingerprint density at radius 3 is 2.82 bits per heavy atom. The number of aryl methyl sites for hydroxylation is 1. The number of benzene rings is 1. The highest BCUT2D eigenvalue weighted by molar-refractivity contribution is 5.76. The Bertz CT molecular complexity index is 926. The SMILES string of the molecule is O=C(CCc1ccc(F)cc1)N1CCC[C@H](c2cncc(-n3ccnc3)n2)C1. The molecule has 0 unspecified atom stereocenters. The maximum Gasteiger partial charge on any atom is 0.222 e. The molecule has 3 heterocycles. The first kappa shape index (κ1) is 18.3. The minimum absolute atomic E-state index is 0.132. The molecule has 1 saturated heterocycles. The lowest BCUT2D eigenvalue weighted by Gasteiger charge is -2.32. The average Bonchev–Trinajstić information content (AvgIpc) is 3.28. The number of rotatable bonds is 5. The summed E-state index contributed by atoms with van der Waals surface area (Å²) in [4.78, 5) is 27.7. The van der Waals surface area contributed by atoms with Crippen LogP contribution in [0.3, 0.4) is 0 Å². The molecule has 3 aromatic rings. The Balaban J connectivity index is 1.39. The molecule has 1 aliphatic heterocycles. The van der Waals surface area contributed by atoms with E-state index in [-0.39, 0.29) is 17.6 Å². The average molecular weight is 379 g/mol. The first-order valence-electron chi connectivity index (χ1n) is 9.51. The van der Waals surface area contributed by atoms with Crippen LogP contribution in [0, 0.1) is 5.82 Å². The molecular weight excluding hydrogens is 357 g/mol. The Hall–Kier alpha value is -3.09. The molecule has 7 heteroatoms. The summed E-state index contributed by atoms with van der Waals surface area (Å²) >= 11 is 0. The number of hydrogen-bond donors (Lipinski definition) is 0. The highest BCUT2D eigenvalue weighted by Gasteiger charge is 2.26. The zero-order valence-corrected chi connectivity index (χ0v) is 15.5. The van der Waals surface area contributed by atoms with Crippen LogP contribution in [0.25, 0.3) is 5.82 Å². The second-order valence-corrected chi connectivity index (χ2v) is 7.08. The van der Waals surface area contributed by atoms with E-state index in [2.05, 4.69) is 9.97 Å². The van der Waals surface area contributed by atoms with Gasteiger partial charge in [0.25, 0.3) is 0 Å². The summed E-state index contributed by atoms with van der Waals surface area (Å²) in [5.74, 6) is 0.787. The van der Waals surface area contributed by atoms with Crippen LogP contribution in [-0.4, -0.2) is 43.4 Å². The molecule has 0 N–H and O–H groups in total. The van der Waals surface area contributed by atoms with Gasteiger partial charge in [-0.05, 0) is 37.0 Å². The highest BCUT2D eigenvalue weighted by atomic mass is 19.1. The molecule has 0 bridgehead atoms. The van der Waals surface area contributed by atoms with E-state index in [0.717, 1.165) is 36.5 Å². The van der Waals surface area contributed by atoms with Gasteiger partial charge in [-0.25, -0.2) is 14.4 Å². The Kier molecular flexibility index (Phi) is 5.41. The summed E-state index contributed by atoms with van der Waals surface area (Å²) in [5, 5.41) is 0. The fourth-order valence-corrected chi connectivity index (χ4v) is 3.59. The van der Waals surface area contributed by atoms with Crippen molar-refractivity contribution in [3.63, 3.8) is 0 Å². The number of likely N-dealkylation sites (tertiary alicyclic amines) is 1. The second kappa shape index (κ2) is 8.29. The van der Waals surface area contributed by atoms with Gasteiger partial charge < -0.3 is 4.90 Å². The van der Waals surface area contributed by atoms with Gasteiger partial charge in [0.15, 0.2) is 5.82 Å². The van der Waals surface area contributed by atoms with E-state index < -0.39 is 0 Å². The first-order chi connectivity index (χ1) is 13.7. The van der Waals surface area contributed by atoms with Gasteiger partial charge >= 0.3 is 0 Å². The van der Waals surface area contributed by atoms with Crippen LogP contribution < -0.4 is 0 Å². The number of imidazole rings is 1. The number of hydrogen-bond acceptors (Lipinski definition) is 4. The highest BCUT2D eigenvalue weighted by Crippen LogP contribution is 2.26. The molecule has 1 aromatic carbocycles. The molecule has 4 rings (SSSR count). The van der Waals surface area contributed by atoms with E-state index in [1.54, 1.807) is 37.1 Å². The van der Waals surface area contributed by atoms with Crippen LogP contribution >= 0.6 is 0 Å². The van der Waals surface area contributed by atoms with E-state index in [0.29, 0.717) is 19.4 Å². The molecule has 2 aromatic heterocycles. The fraction of sp³-hybridized carbons (Fsp3) is 0.333. The van der Waals surface area contributed by atoms with Gasteiger partial charge in [-0.1, -0.05) is 12.1 Å². The van der Waals surface area contributed by atoms with Crippen LogP contribution in [0.4, 0.5) is 4.39 Å². The van der Waals surface area contributed by atoms with Crippen molar-refractivity contribution in [2.45, 2.75) is 31.6 Å². The molecule has 1 fully saturated rings. The van der Waals surface area contributed by atoms with Gasteiger partial charge in [0.1, 0.15) is 12.1 Å². The molecule has 6 nitrogen and oxygen atoms in total. The van der Waals surface area contributed by atoms with E-state index in [1.807, 2.05) is 15.7 Å². The maximum absolute atomic E-state index is 13.0. The molecule has 1 atom stereocenters. The first-order valence-corrected chi connectivity index (χ1v) is 9.51. The van der Waals surface area contributed by atoms with Gasteiger partial charge in [0, 0.05) is 44.0 Å². The smallest absolute Gasteiger partial charge is 0.222 e. The lowest BCUT2D eigenvalue weighted by atomic mass is 9.94. The van der Waals surface area contributed by atoms with Gasteiger partial charge in [0.05, 0.1) is 11.9 Å². The summed E-state index contributed by atoms with van der Waals surface area (Å²) in [5.41, 5.74) is 1.88. The molecule has 0 saturated carbocycles. The molecule has 1 amide bonds. The van der Waals surface area contributed by atoms with E-state index >= 15 is 0 Å². The van der Waals surface area contributed by atoms with Gasteiger partial charge in [-0.3, -0.25) is 14.3 Å². The Morgan fingerprint density at radius 2 is 2.04 bits per heavy atom. The molecule has 0 radical (unpaired) electrons. The van der Waals surface area contributed by atoms with Crippen molar-refractivity contribution in [3.8, 4) is 5.82 Å². The van der Waals surface area contributed by atoms with Crippen molar-refractivity contribution in [1.29, 1.82) is 0 Å². The lowest BCUT2D eigenvalue weighted by Crippen LogP contribution is -2.39. The summed E-state index contributed by atoms with van der Waals surface area (Å²) in [6.07, 6.45) is 11.7. The van der Waals surface area contributed by atoms with Crippen LogP contribution in [0.1, 0.15) is 36.4 Å². The zero-order chi connectivity index (χ0) is 19.3. The number of carbonyl (C=O) groups is 1. The van der Waals surface area contributed by atoms with E-state index in [4.69, 9.17) is 4.98 Å². The molecule has 0 spiro atoms. The second-order valence-electron chi connectivity index (χ2n) is 7.08. The third kappa shape index (κ3) is 4.24. The standard InChI is InChI=1S/C21H22FN5O/c22-18-6-3-16(4-7-18)5-8-21(28)26-10-1-2-17(14-26)19-12-24-13-20(25-19)27-11-9-23-15-27/h3-4,6-7,9,11-13,15,17H,1-2,5,8,10,14H2/t17-/m0/s1. The summed E-state index contributed by atoms with van der Waals surface area (Å²) in [6.45, 7) is 1.43. The van der Waals surface area contributed by atoms with Gasteiger partial charge in [-0.2, -0.15) is 0 Å². The third-order valence-electron chi connectivity index (χ3n) is 5.14. The number of halogens is 1. The zero-order valence-electron chi connectivity index (χ0n) is 15.5. The predicted molar refractivity (Wildman–Crippen MR) is 102 cm³/mol. The van der Waals surface area contributed by atoms with Crippen molar-refractivity contribution in [3.05, 3.63) is 72.5 Å². The number of amides is 1. The van der Waals surface area contributed by atoms with E-state index in [9.17, 15) is 9.18 Å². The molecular formula is C21H22FN5O. The van der Waals surface area contributed by atoms with Crippen LogP contribution in [0.5, 0.6) is 0 Å². The monoisotopic (exact) mass is 379 g/mol. The van der Waals surface area contributed by atoms with Gasteiger partial charge in [0.2, 0.25) is 5.91 Å². The third-order valence-corrected chi connectivity index (χ3v) is 5.14. The van der Waals surface area contributed by atoms with Crippen LogP contribution in [0.2, 0.25) is 0 Å². The fourth-order valence-electron chi connectivity index (χ4n) is 3.59. The molecule has 1 aliphatic rings. The summed E-state index contributed by atoms with van der Waals surface area (Å²) < 4.78 is 14.8. The number of piperidine rings is 1. The van der Waals surface area contributed by atoms with Crippen molar-refractivity contribution < 1.29 is 9.18 Å². The van der Waals surface area contributed by atoms with Crippen molar-refractivity contribution in [2.75, 3.05) is 13.1 Å². The molecule has 144 valence electrons. The summed E-state index contributed by atoms with van der Waals surface area (Å²) in [6, 6.07) is 6.34. The van der Waals surface area contributed by atoms with Gasteiger partial charge in [-0.15, -0.1) is 0 Å². The summed E-state index contributed by atoms with van der Waals surface area (Å²) in [7, 11) is 0. The minimum atomic E-state index is -0.256. The quantitative estimate of drug-likeness (QED) is 0.683. The number of aromatic nitrogens is 4. The van der Waals surface area contributed by atoms with Crippen molar-refractivity contribution in [1.82, 2.24) is 24.4 Å². The van der Waals surface area contributed by atoms with Crippen LogP contribution in [-0.2, 0) is 11.2 Å². The molecule has 28 heavy (non-hydrogen) atoms. The largest absolute Gasteiger partial charge is 0.342 e. The maximum atomic E-state index is 13.0. The van der Waals surface area contributed by atoms with Crippen molar-refractivity contribution >= 4 is 5.91 Å². The predicted octanol–water partition coefficient (Wildman–Crippen LogP) is 3.14. The number of nitrogens with zero attached hydrogens (tertiary/aromatic N) is 5. The topological polar surface area (TPSA) is 63.9 Å². The number of carbonyl (C=O) groups excluding carboxylic acids is 1. The minimum Gasteiger partial charge on any atom is -0.342 e. The van der Waals surface area contributed by atoms with Crippen LogP contribution in [0.15, 0.2) is 55.4 Å². The molecule has 0 aliphatic carbocycles. The Morgan fingerprint density at radius 1 is 1.18 bits per heavy atom.